The van der Waals surface area contributed by atoms with E-state index < -0.39 is 5.63 Å². The molecule has 0 aliphatic carbocycles. The van der Waals surface area contributed by atoms with Crippen LogP contribution in [0.3, 0.4) is 0 Å². The number of methoxy groups -OCH3 is 2. The number of hydrogen-bond acceptors (Lipinski definition) is 5. The van der Waals surface area contributed by atoms with Crippen molar-refractivity contribution in [3.05, 3.63) is 64.1 Å². The van der Waals surface area contributed by atoms with Crippen molar-refractivity contribution in [1.82, 2.24) is 4.98 Å². The Kier molecular flexibility index (Phi) is 4.72. The molecule has 0 unspecified atom stereocenters. The van der Waals surface area contributed by atoms with Crippen molar-refractivity contribution >= 4 is 33.5 Å². The van der Waals surface area contributed by atoms with Gasteiger partial charge in [-0.15, -0.1) is 0 Å². The Bertz CT molecular complexity index is 1290. The van der Waals surface area contributed by atoms with Gasteiger partial charge in [0, 0.05) is 34.9 Å². The molecule has 148 valence electrons. The second-order valence-corrected chi connectivity index (χ2v) is 6.70. The van der Waals surface area contributed by atoms with E-state index in [1.807, 2.05) is 30.5 Å². The van der Waals surface area contributed by atoms with E-state index in [1.165, 1.54) is 14.2 Å². The minimum atomic E-state index is -0.554. The predicted octanol–water partition coefficient (Wildman–Crippen LogP) is 3.78. The van der Waals surface area contributed by atoms with Crippen LogP contribution in [0.15, 0.2) is 51.8 Å². The summed E-state index contributed by atoms with van der Waals surface area (Å²) in [5, 5.41) is 4.47. The van der Waals surface area contributed by atoms with Crippen LogP contribution in [0, 0.1) is 6.92 Å². The molecule has 0 bridgehead atoms. The van der Waals surface area contributed by atoms with E-state index in [1.54, 1.807) is 19.1 Å². The Balaban J connectivity index is 1.67. The fourth-order valence-electron chi connectivity index (χ4n) is 3.46. The normalized spacial score (nSPS) is 11.0. The van der Waals surface area contributed by atoms with Gasteiger partial charge in [-0.3, -0.25) is 4.79 Å². The lowest BCUT2D eigenvalue weighted by Gasteiger charge is -2.13. The smallest absolute Gasteiger partial charge is 0.340 e. The lowest BCUT2D eigenvalue weighted by Crippen LogP contribution is -2.20. The van der Waals surface area contributed by atoms with E-state index in [0.717, 1.165) is 10.9 Å². The number of rotatable bonds is 5. The molecule has 2 aromatic carbocycles. The van der Waals surface area contributed by atoms with Gasteiger partial charge in [-0.1, -0.05) is 0 Å². The van der Waals surface area contributed by atoms with E-state index in [0.29, 0.717) is 39.3 Å². The highest BCUT2D eigenvalue weighted by Gasteiger charge is 2.19. The number of carbonyl (C=O) groups excluding carboxylic acids is 1. The average molecular weight is 392 g/mol. The minimum absolute atomic E-state index is 0.107. The quantitative estimate of drug-likeness (QED) is 0.504. The van der Waals surface area contributed by atoms with Gasteiger partial charge in [0.15, 0.2) is 0 Å². The molecule has 29 heavy (non-hydrogen) atoms. The summed E-state index contributed by atoms with van der Waals surface area (Å²) in [5.41, 5.74) is 2.38. The summed E-state index contributed by atoms with van der Waals surface area (Å²) in [5.74, 6) is 0.727. The molecule has 0 saturated heterocycles. The van der Waals surface area contributed by atoms with Crippen molar-refractivity contribution < 1.29 is 18.7 Å². The van der Waals surface area contributed by atoms with Crippen LogP contribution in [0.25, 0.3) is 21.9 Å². The van der Waals surface area contributed by atoms with Crippen molar-refractivity contribution in [3.8, 4) is 11.5 Å². The van der Waals surface area contributed by atoms with Crippen LogP contribution in [0.4, 0.5) is 5.69 Å². The van der Waals surface area contributed by atoms with Gasteiger partial charge in [0.1, 0.15) is 17.1 Å². The van der Waals surface area contributed by atoms with Crippen molar-refractivity contribution in [2.24, 2.45) is 0 Å². The summed E-state index contributed by atoms with van der Waals surface area (Å²) in [4.78, 5) is 28.3. The number of aromatic amines is 1. The summed E-state index contributed by atoms with van der Waals surface area (Å²) in [6, 6.07) is 10.8. The maximum Gasteiger partial charge on any atom is 0.340 e. The van der Waals surface area contributed by atoms with Crippen LogP contribution in [0.5, 0.6) is 11.5 Å². The lowest BCUT2D eigenvalue weighted by molar-refractivity contribution is -0.115. The van der Waals surface area contributed by atoms with Gasteiger partial charge in [0.2, 0.25) is 5.91 Å². The van der Waals surface area contributed by atoms with Crippen molar-refractivity contribution in [1.29, 1.82) is 0 Å². The zero-order valence-electron chi connectivity index (χ0n) is 16.3. The van der Waals surface area contributed by atoms with E-state index in [9.17, 15) is 9.59 Å². The topological polar surface area (TPSA) is 93.6 Å². The summed E-state index contributed by atoms with van der Waals surface area (Å²) in [6.07, 6.45) is 1.73. The van der Waals surface area contributed by atoms with Gasteiger partial charge in [-0.25, -0.2) is 4.79 Å². The summed E-state index contributed by atoms with van der Waals surface area (Å²) < 4.78 is 16.1. The molecule has 0 spiro atoms. The number of amides is 1. The SMILES string of the molecule is COc1cc(OC)c2c(C)c(CC(=O)Nc3ccc4[nH]ccc4c3)c(=O)oc2c1. The van der Waals surface area contributed by atoms with Crippen LogP contribution in [0.1, 0.15) is 11.1 Å². The van der Waals surface area contributed by atoms with Crippen LogP contribution >= 0.6 is 0 Å². The molecule has 1 amide bonds. The third kappa shape index (κ3) is 3.42. The Morgan fingerprint density at radius 1 is 1.14 bits per heavy atom. The summed E-state index contributed by atoms with van der Waals surface area (Å²) >= 11 is 0. The number of benzene rings is 2. The van der Waals surface area contributed by atoms with Gasteiger partial charge >= 0.3 is 5.63 Å². The number of aryl methyl sites for hydroxylation is 1. The molecule has 2 N–H and O–H groups in total. The van der Waals surface area contributed by atoms with Gasteiger partial charge in [0.25, 0.3) is 0 Å². The van der Waals surface area contributed by atoms with Crippen LogP contribution in [-0.2, 0) is 11.2 Å². The molecule has 0 aliphatic rings. The van der Waals surface area contributed by atoms with E-state index in [2.05, 4.69) is 10.3 Å². The molecular weight excluding hydrogens is 372 g/mol. The van der Waals surface area contributed by atoms with Crippen molar-refractivity contribution in [2.45, 2.75) is 13.3 Å². The maximum atomic E-state index is 12.6. The molecule has 4 rings (SSSR count). The minimum Gasteiger partial charge on any atom is -0.496 e. The van der Waals surface area contributed by atoms with Crippen LogP contribution in [0.2, 0.25) is 0 Å². The number of ether oxygens (including phenoxy) is 2. The molecule has 7 nitrogen and oxygen atoms in total. The first-order valence-corrected chi connectivity index (χ1v) is 9.05. The zero-order chi connectivity index (χ0) is 20.5. The molecule has 2 heterocycles. The Labute approximate surface area is 166 Å². The first-order chi connectivity index (χ1) is 14.0. The second-order valence-electron chi connectivity index (χ2n) is 6.70. The highest BCUT2D eigenvalue weighted by molar-refractivity contribution is 5.96. The third-order valence-electron chi connectivity index (χ3n) is 4.95. The molecule has 2 aromatic heterocycles. The number of hydrogen-bond donors (Lipinski definition) is 2. The molecule has 0 atom stereocenters. The molecule has 7 heteroatoms. The Morgan fingerprint density at radius 2 is 1.97 bits per heavy atom. The van der Waals surface area contributed by atoms with E-state index in [4.69, 9.17) is 13.9 Å². The van der Waals surface area contributed by atoms with E-state index >= 15 is 0 Å². The predicted molar refractivity (Wildman–Crippen MR) is 111 cm³/mol. The molecule has 0 saturated carbocycles. The monoisotopic (exact) mass is 392 g/mol. The highest BCUT2D eigenvalue weighted by atomic mass is 16.5. The average Bonchev–Trinajstić information content (AvgIpc) is 3.17. The van der Waals surface area contributed by atoms with Gasteiger partial charge in [-0.2, -0.15) is 0 Å². The fraction of sp³-hybridized carbons (Fsp3) is 0.182. The van der Waals surface area contributed by atoms with Crippen molar-refractivity contribution in [3.63, 3.8) is 0 Å². The first-order valence-electron chi connectivity index (χ1n) is 9.05. The number of aromatic nitrogens is 1. The molecule has 0 aliphatic heterocycles. The molecule has 0 fully saturated rings. The number of fused-ring (bicyclic) bond motifs is 2. The highest BCUT2D eigenvalue weighted by Crippen LogP contribution is 2.33. The van der Waals surface area contributed by atoms with Crippen molar-refractivity contribution in [2.75, 3.05) is 19.5 Å². The van der Waals surface area contributed by atoms with Crippen LogP contribution < -0.4 is 20.4 Å². The third-order valence-corrected chi connectivity index (χ3v) is 4.95. The molecule has 0 radical (unpaired) electrons. The second kappa shape index (κ2) is 7.35. The molecular formula is C22H20N2O5. The zero-order valence-corrected chi connectivity index (χ0v) is 16.3. The standard InChI is InChI=1S/C22H20N2O5/c1-12-16(11-20(25)24-14-4-5-17-13(8-14)6-7-23-17)22(26)29-19-10-15(27-2)9-18(28-3)21(12)19/h4-10,23H,11H2,1-3H3,(H,24,25). The summed E-state index contributed by atoms with van der Waals surface area (Å²) in [6.45, 7) is 1.78. The number of nitrogens with one attached hydrogen (secondary N) is 2. The largest absolute Gasteiger partial charge is 0.496 e. The fourth-order valence-corrected chi connectivity index (χ4v) is 3.46. The lowest BCUT2D eigenvalue weighted by atomic mass is 10.0. The maximum absolute atomic E-state index is 12.6. The first kappa shape index (κ1) is 18.6. The van der Waals surface area contributed by atoms with Gasteiger partial charge in [-0.05, 0) is 36.8 Å². The number of H-pyrrole nitrogens is 1. The van der Waals surface area contributed by atoms with Gasteiger partial charge < -0.3 is 24.2 Å². The Morgan fingerprint density at radius 3 is 2.72 bits per heavy atom. The summed E-state index contributed by atoms with van der Waals surface area (Å²) in [7, 11) is 3.05. The molecule has 4 aromatic rings. The number of carbonyl (C=O) groups is 1. The van der Waals surface area contributed by atoms with E-state index in [-0.39, 0.29) is 12.3 Å². The van der Waals surface area contributed by atoms with Crippen LogP contribution in [-0.4, -0.2) is 25.1 Å². The Hall–Kier alpha value is -3.74. The van der Waals surface area contributed by atoms with Gasteiger partial charge in [0.05, 0.1) is 31.6 Å². The number of anilines is 1.